The van der Waals surface area contributed by atoms with Gasteiger partial charge in [-0.05, 0) is 48.7 Å². The Morgan fingerprint density at radius 1 is 1.15 bits per heavy atom. The first kappa shape index (κ1) is 15.8. The van der Waals surface area contributed by atoms with Gasteiger partial charge in [-0.1, -0.05) is 12.1 Å². The molecule has 1 amide bonds. The van der Waals surface area contributed by atoms with Gasteiger partial charge in [0.1, 0.15) is 11.6 Å². The van der Waals surface area contributed by atoms with E-state index in [-0.39, 0.29) is 11.9 Å². The number of fused-ring (bicyclic) bond motifs is 1. The zero-order chi connectivity index (χ0) is 18.2. The Bertz CT molecular complexity index is 1090. The van der Waals surface area contributed by atoms with E-state index in [9.17, 15) is 4.79 Å². The average molecular weight is 359 g/mol. The molecule has 3 aromatic heterocycles. The fourth-order valence-corrected chi connectivity index (χ4v) is 3.61. The van der Waals surface area contributed by atoms with Crippen LogP contribution in [0.2, 0.25) is 0 Å². The maximum absolute atomic E-state index is 12.7. The first-order valence-corrected chi connectivity index (χ1v) is 8.95. The number of oxazole rings is 1. The van der Waals surface area contributed by atoms with E-state index >= 15 is 0 Å². The summed E-state index contributed by atoms with van der Waals surface area (Å²) in [5.74, 6) is 0.795. The molecule has 1 fully saturated rings. The molecular weight excluding hydrogens is 342 g/mol. The molecule has 6 heteroatoms. The minimum atomic E-state index is -0.170. The molecule has 0 N–H and O–H groups in total. The number of benzene rings is 1. The van der Waals surface area contributed by atoms with Gasteiger partial charge in [-0.15, -0.1) is 0 Å². The highest BCUT2D eigenvalue weighted by Crippen LogP contribution is 2.35. The van der Waals surface area contributed by atoms with Crippen LogP contribution in [0.25, 0.3) is 22.2 Å². The smallest absolute Gasteiger partial charge is 0.290 e. The average Bonchev–Trinajstić information content (AvgIpc) is 3.47. The molecule has 1 unspecified atom stereocenters. The molecule has 0 spiro atoms. The monoisotopic (exact) mass is 359 g/mol. The van der Waals surface area contributed by atoms with Crippen LogP contribution in [0.3, 0.4) is 0 Å². The van der Waals surface area contributed by atoms with Crippen LogP contribution in [0.4, 0.5) is 0 Å². The first-order valence-electron chi connectivity index (χ1n) is 8.95. The Hall–Kier alpha value is -3.41. The van der Waals surface area contributed by atoms with Gasteiger partial charge < -0.3 is 13.7 Å². The third-order valence-electron chi connectivity index (χ3n) is 4.93. The van der Waals surface area contributed by atoms with Crippen LogP contribution in [0, 0.1) is 0 Å². The van der Waals surface area contributed by atoms with Crippen molar-refractivity contribution in [2.45, 2.75) is 18.9 Å². The number of furan rings is 1. The largest absolute Gasteiger partial charge is 0.459 e. The zero-order valence-electron chi connectivity index (χ0n) is 14.5. The number of aromatic nitrogens is 2. The summed E-state index contributed by atoms with van der Waals surface area (Å²) < 4.78 is 11.3. The van der Waals surface area contributed by atoms with Gasteiger partial charge in [0.2, 0.25) is 5.89 Å². The number of hydrogen-bond donors (Lipinski definition) is 0. The highest BCUT2D eigenvalue weighted by molar-refractivity contribution is 5.92. The quantitative estimate of drug-likeness (QED) is 0.540. The number of pyridine rings is 1. The van der Waals surface area contributed by atoms with Crippen molar-refractivity contribution in [1.29, 1.82) is 0 Å². The summed E-state index contributed by atoms with van der Waals surface area (Å²) in [5, 5.41) is 0. The molecule has 4 aromatic rings. The predicted molar refractivity (Wildman–Crippen MR) is 99.0 cm³/mol. The van der Waals surface area contributed by atoms with E-state index in [2.05, 4.69) is 9.97 Å². The molecule has 5 rings (SSSR count). The number of carbonyl (C=O) groups excluding carboxylic acids is 1. The molecule has 1 saturated heterocycles. The Morgan fingerprint density at radius 2 is 2.11 bits per heavy atom. The van der Waals surface area contributed by atoms with Gasteiger partial charge in [0.25, 0.3) is 5.91 Å². The first-order chi connectivity index (χ1) is 13.3. The Kier molecular flexibility index (Phi) is 3.74. The normalized spacial score (nSPS) is 16.9. The van der Waals surface area contributed by atoms with E-state index < -0.39 is 0 Å². The van der Waals surface area contributed by atoms with E-state index in [0.29, 0.717) is 18.2 Å². The molecule has 1 aliphatic rings. The maximum Gasteiger partial charge on any atom is 0.290 e. The standard InChI is InChI=1S/C21H17N3O3/c25-21(19-6-3-11-26-19)24-10-2-5-17(24)20-23-16-12-14(7-8-18(16)27-20)15-4-1-9-22-13-15/h1,3-4,6-9,11-13,17H,2,5,10H2. The molecule has 1 aliphatic heterocycles. The lowest BCUT2D eigenvalue weighted by Gasteiger charge is -2.20. The van der Waals surface area contributed by atoms with Gasteiger partial charge in [-0.2, -0.15) is 0 Å². The van der Waals surface area contributed by atoms with Crippen molar-refractivity contribution in [2.75, 3.05) is 6.54 Å². The lowest BCUT2D eigenvalue weighted by Crippen LogP contribution is -2.30. The summed E-state index contributed by atoms with van der Waals surface area (Å²) in [6, 6.07) is 13.1. The van der Waals surface area contributed by atoms with Crippen LogP contribution in [0.5, 0.6) is 0 Å². The van der Waals surface area contributed by atoms with Crippen molar-refractivity contribution in [3.8, 4) is 11.1 Å². The Balaban J connectivity index is 1.48. The molecule has 0 saturated carbocycles. The van der Waals surface area contributed by atoms with E-state index in [1.807, 2.05) is 36.5 Å². The van der Waals surface area contributed by atoms with Crippen LogP contribution in [0.15, 0.2) is 70.0 Å². The fourth-order valence-electron chi connectivity index (χ4n) is 3.61. The highest BCUT2D eigenvalue weighted by atomic mass is 16.4. The predicted octanol–water partition coefficient (Wildman–Crippen LogP) is 4.46. The lowest BCUT2D eigenvalue weighted by atomic mass is 10.1. The second-order valence-electron chi connectivity index (χ2n) is 6.61. The highest BCUT2D eigenvalue weighted by Gasteiger charge is 2.35. The lowest BCUT2D eigenvalue weighted by molar-refractivity contribution is 0.0684. The number of rotatable bonds is 3. The molecule has 0 aliphatic carbocycles. The van der Waals surface area contributed by atoms with E-state index in [4.69, 9.17) is 8.83 Å². The van der Waals surface area contributed by atoms with Gasteiger partial charge in [0.15, 0.2) is 11.3 Å². The second-order valence-corrected chi connectivity index (χ2v) is 6.61. The Labute approximate surface area is 155 Å². The van der Waals surface area contributed by atoms with Crippen molar-refractivity contribution in [1.82, 2.24) is 14.9 Å². The van der Waals surface area contributed by atoms with E-state index in [0.717, 1.165) is 35.1 Å². The van der Waals surface area contributed by atoms with Crippen LogP contribution < -0.4 is 0 Å². The number of carbonyl (C=O) groups is 1. The number of hydrogen-bond acceptors (Lipinski definition) is 5. The van der Waals surface area contributed by atoms with Gasteiger partial charge in [-0.3, -0.25) is 9.78 Å². The summed E-state index contributed by atoms with van der Waals surface area (Å²) in [5.41, 5.74) is 3.56. The zero-order valence-corrected chi connectivity index (χ0v) is 14.5. The molecular formula is C21H17N3O3. The Morgan fingerprint density at radius 3 is 2.93 bits per heavy atom. The summed E-state index contributed by atoms with van der Waals surface area (Å²) in [6.07, 6.45) is 6.83. The molecule has 134 valence electrons. The number of likely N-dealkylation sites (tertiary alicyclic amines) is 1. The molecule has 6 nitrogen and oxygen atoms in total. The van der Waals surface area contributed by atoms with Crippen molar-refractivity contribution in [2.24, 2.45) is 0 Å². The second kappa shape index (κ2) is 6.39. The molecule has 0 radical (unpaired) electrons. The van der Waals surface area contributed by atoms with Crippen molar-refractivity contribution in [3.63, 3.8) is 0 Å². The third kappa shape index (κ3) is 2.79. The fraction of sp³-hybridized carbons (Fsp3) is 0.190. The van der Waals surface area contributed by atoms with E-state index in [1.165, 1.54) is 6.26 Å². The molecule has 0 bridgehead atoms. The van der Waals surface area contributed by atoms with Crippen molar-refractivity contribution < 1.29 is 13.6 Å². The summed E-state index contributed by atoms with van der Waals surface area (Å²) in [4.78, 5) is 23.3. The molecule has 1 atom stereocenters. The summed E-state index contributed by atoms with van der Waals surface area (Å²) in [6.45, 7) is 0.670. The maximum atomic E-state index is 12.7. The molecule has 27 heavy (non-hydrogen) atoms. The number of amides is 1. The third-order valence-corrected chi connectivity index (χ3v) is 4.93. The summed E-state index contributed by atoms with van der Waals surface area (Å²) in [7, 11) is 0. The minimum Gasteiger partial charge on any atom is -0.459 e. The van der Waals surface area contributed by atoms with Gasteiger partial charge in [0.05, 0.1) is 6.26 Å². The SMILES string of the molecule is O=C(c1ccco1)N1CCCC1c1nc2cc(-c3cccnc3)ccc2o1. The van der Waals surface area contributed by atoms with Crippen LogP contribution in [-0.2, 0) is 0 Å². The summed E-state index contributed by atoms with van der Waals surface area (Å²) >= 11 is 0. The molecule has 1 aromatic carbocycles. The van der Waals surface area contributed by atoms with Crippen LogP contribution >= 0.6 is 0 Å². The van der Waals surface area contributed by atoms with Crippen LogP contribution in [0.1, 0.15) is 35.3 Å². The van der Waals surface area contributed by atoms with Gasteiger partial charge >= 0.3 is 0 Å². The minimum absolute atomic E-state index is 0.124. The van der Waals surface area contributed by atoms with Crippen molar-refractivity contribution >= 4 is 17.0 Å². The van der Waals surface area contributed by atoms with Gasteiger partial charge in [-0.25, -0.2) is 4.98 Å². The van der Waals surface area contributed by atoms with Gasteiger partial charge in [0, 0.05) is 24.5 Å². The van der Waals surface area contributed by atoms with E-state index in [1.54, 1.807) is 23.2 Å². The topological polar surface area (TPSA) is 72.4 Å². The van der Waals surface area contributed by atoms with Crippen LogP contribution in [-0.4, -0.2) is 27.3 Å². The molecule has 4 heterocycles. The van der Waals surface area contributed by atoms with Crippen molar-refractivity contribution in [3.05, 3.63) is 72.8 Å². The number of nitrogens with zero attached hydrogens (tertiary/aromatic N) is 3.